The van der Waals surface area contributed by atoms with Gasteiger partial charge in [-0.3, -0.25) is 4.79 Å². The van der Waals surface area contributed by atoms with Crippen molar-refractivity contribution in [3.8, 4) is 5.75 Å². The molecule has 0 unspecified atom stereocenters. The number of halogens is 1. The second kappa shape index (κ2) is 5.83. The van der Waals surface area contributed by atoms with E-state index in [1.807, 2.05) is 0 Å². The van der Waals surface area contributed by atoms with Crippen molar-refractivity contribution >= 4 is 11.9 Å². The average Bonchev–Trinajstić information content (AvgIpc) is 2.26. The number of carbonyl (C=O) groups is 2. The number of hydrogen-bond donors (Lipinski definition) is 1. The van der Waals surface area contributed by atoms with Gasteiger partial charge in [-0.2, -0.15) is 0 Å². The van der Waals surface area contributed by atoms with Crippen LogP contribution in [0.15, 0.2) is 18.2 Å². The summed E-state index contributed by atoms with van der Waals surface area (Å²) < 4.78 is 22.9. The maximum atomic E-state index is 13.3. The van der Waals surface area contributed by atoms with Crippen LogP contribution in [0.1, 0.15) is 17.3 Å². The molecule has 0 aromatic heterocycles. The number of ether oxygens (including phenoxy) is 2. The monoisotopic (exact) mass is 241 g/mol. The Balaban J connectivity index is 2.81. The first-order valence-electron chi connectivity index (χ1n) is 4.93. The van der Waals surface area contributed by atoms with Crippen LogP contribution in [0.2, 0.25) is 0 Å². The van der Waals surface area contributed by atoms with E-state index in [4.69, 9.17) is 10.5 Å². The van der Waals surface area contributed by atoms with E-state index < -0.39 is 24.3 Å². The summed E-state index contributed by atoms with van der Waals surface area (Å²) in [6, 6.07) is 3.78. The molecule has 0 heterocycles. The standard InChI is InChI=1S/C11H12FNO4/c1-2-16-9(14)6-17-8-5-3-4-7(12)10(8)11(13)15/h3-5H,2,6H2,1H3,(H2,13,15). The minimum absolute atomic E-state index is 0.0782. The normalized spacial score (nSPS) is 9.76. The van der Waals surface area contributed by atoms with Crippen LogP contribution in [-0.4, -0.2) is 25.1 Å². The zero-order valence-electron chi connectivity index (χ0n) is 9.23. The number of benzene rings is 1. The van der Waals surface area contributed by atoms with Crippen LogP contribution in [0.5, 0.6) is 5.75 Å². The van der Waals surface area contributed by atoms with E-state index in [2.05, 4.69) is 4.74 Å². The van der Waals surface area contributed by atoms with Crippen LogP contribution >= 0.6 is 0 Å². The van der Waals surface area contributed by atoms with Gasteiger partial charge in [-0.25, -0.2) is 9.18 Å². The fourth-order valence-corrected chi connectivity index (χ4v) is 1.20. The Morgan fingerprint density at radius 1 is 1.41 bits per heavy atom. The third-order valence-corrected chi connectivity index (χ3v) is 1.87. The molecule has 1 amide bonds. The molecule has 17 heavy (non-hydrogen) atoms. The minimum Gasteiger partial charge on any atom is -0.481 e. The molecule has 0 saturated carbocycles. The lowest BCUT2D eigenvalue weighted by atomic mass is 10.2. The van der Waals surface area contributed by atoms with Gasteiger partial charge in [-0.15, -0.1) is 0 Å². The van der Waals surface area contributed by atoms with E-state index in [0.717, 1.165) is 6.07 Å². The Labute approximate surface area is 97.3 Å². The molecule has 6 heteroatoms. The molecule has 1 aromatic carbocycles. The summed E-state index contributed by atoms with van der Waals surface area (Å²) in [4.78, 5) is 22.0. The van der Waals surface area contributed by atoms with Gasteiger partial charge < -0.3 is 15.2 Å². The van der Waals surface area contributed by atoms with Crippen molar-refractivity contribution in [2.24, 2.45) is 5.73 Å². The van der Waals surface area contributed by atoms with Gasteiger partial charge in [0.05, 0.1) is 6.61 Å². The van der Waals surface area contributed by atoms with Crippen molar-refractivity contribution in [2.45, 2.75) is 6.92 Å². The van der Waals surface area contributed by atoms with Crippen LogP contribution in [0.3, 0.4) is 0 Å². The predicted molar refractivity (Wildman–Crippen MR) is 57.0 cm³/mol. The van der Waals surface area contributed by atoms with Gasteiger partial charge in [0, 0.05) is 0 Å². The highest BCUT2D eigenvalue weighted by atomic mass is 19.1. The summed E-state index contributed by atoms with van der Waals surface area (Å²) in [6.07, 6.45) is 0. The Morgan fingerprint density at radius 2 is 2.12 bits per heavy atom. The summed E-state index contributed by atoms with van der Waals surface area (Å²) in [5, 5.41) is 0. The first-order valence-corrected chi connectivity index (χ1v) is 4.93. The van der Waals surface area contributed by atoms with Crippen LogP contribution in [0, 0.1) is 5.82 Å². The number of nitrogens with two attached hydrogens (primary N) is 1. The van der Waals surface area contributed by atoms with Crippen molar-refractivity contribution < 1.29 is 23.5 Å². The zero-order chi connectivity index (χ0) is 12.8. The quantitative estimate of drug-likeness (QED) is 0.776. The third-order valence-electron chi connectivity index (χ3n) is 1.87. The summed E-state index contributed by atoms with van der Waals surface area (Å²) in [6.45, 7) is 1.46. The van der Waals surface area contributed by atoms with Gasteiger partial charge in [0.15, 0.2) is 6.61 Å². The molecule has 0 aliphatic rings. The third kappa shape index (κ3) is 3.44. The topological polar surface area (TPSA) is 78.6 Å². The molecule has 0 saturated heterocycles. The Morgan fingerprint density at radius 3 is 2.71 bits per heavy atom. The van der Waals surface area contributed by atoms with Gasteiger partial charge in [-0.05, 0) is 19.1 Å². The van der Waals surface area contributed by atoms with Crippen molar-refractivity contribution in [3.63, 3.8) is 0 Å². The molecule has 0 fully saturated rings. The van der Waals surface area contributed by atoms with Crippen LogP contribution in [0.4, 0.5) is 4.39 Å². The Kier molecular flexibility index (Phi) is 4.45. The number of amides is 1. The van der Waals surface area contributed by atoms with E-state index in [-0.39, 0.29) is 17.9 Å². The summed E-state index contributed by atoms with van der Waals surface area (Å²) in [7, 11) is 0. The van der Waals surface area contributed by atoms with Crippen molar-refractivity contribution in [3.05, 3.63) is 29.6 Å². The van der Waals surface area contributed by atoms with Crippen LogP contribution < -0.4 is 10.5 Å². The van der Waals surface area contributed by atoms with Gasteiger partial charge in [0.2, 0.25) is 0 Å². The second-order valence-corrected chi connectivity index (χ2v) is 3.07. The van der Waals surface area contributed by atoms with Crippen LogP contribution in [0.25, 0.3) is 0 Å². The number of hydrogen-bond acceptors (Lipinski definition) is 4. The highest BCUT2D eigenvalue weighted by molar-refractivity contribution is 5.96. The number of esters is 1. The van der Waals surface area contributed by atoms with Crippen molar-refractivity contribution in [1.82, 2.24) is 0 Å². The Bertz CT molecular complexity index is 433. The fraction of sp³-hybridized carbons (Fsp3) is 0.273. The molecule has 0 bridgehead atoms. The van der Waals surface area contributed by atoms with Gasteiger partial charge in [0.25, 0.3) is 5.91 Å². The van der Waals surface area contributed by atoms with Crippen molar-refractivity contribution in [2.75, 3.05) is 13.2 Å². The van der Waals surface area contributed by atoms with Gasteiger partial charge in [-0.1, -0.05) is 6.07 Å². The van der Waals surface area contributed by atoms with E-state index in [0.29, 0.717) is 0 Å². The maximum Gasteiger partial charge on any atom is 0.344 e. The van der Waals surface area contributed by atoms with Crippen LogP contribution in [-0.2, 0) is 9.53 Å². The van der Waals surface area contributed by atoms with Gasteiger partial charge in [0.1, 0.15) is 17.1 Å². The highest BCUT2D eigenvalue weighted by Crippen LogP contribution is 2.20. The zero-order valence-corrected chi connectivity index (χ0v) is 9.23. The van der Waals surface area contributed by atoms with Gasteiger partial charge >= 0.3 is 5.97 Å². The molecule has 0 spiro atoms. The molecular weight excluding hydrogens is 229 g/mol. The first-order chi connectivity index (χ1) is 8.06. The summed E-state index contributed by atoms with van der Waals surface area (Å²) in [5.74, 6) is -2.43. The minimum atomic E-state index is -0.957. The molecule has 5 nitrogen and oxygen atoms in total. The lowest BCUT2D eigenvalue weighted by Gasteiger charge is -2.09. The predicted octanol–water partition coefficient (Wildman–Crippen LogP) is 0.867. The first kappa shape index (κ1) is 13.0. The number of carbonyl (C=O) groups excluding carboxylic acids is 2. The fourth-order valence-electron chi connectivity index (χ4n) is 1.20. The van der Waals surface area contributed by atoms with E-state index in [1.54, 1.807) is 6.92 Å². The molecule has 0 atom stereocenters. The molecule has 1 rings (SSSR count). The Hall–Kier alpha value is -2.11. The van der Waals surface area contributed by atoms with E-state index in [9.17, 15) is 14.0 Å². The molecule has 0 radical (unpaired) electrons. The smallest absolute Gasteiger partial charge is 0.344 e. The molecule has 2 N–H and O–H groups in total. The lowest BCUT2D eigenvalue weighted by molar-refractivity contribution is -0.145. The molecule has 92 valence electrons. The average molecular weight is 241 g/mol. The largest absolute Gasteiger partial charge is 0.481 e. The number of rotatable bonds is 5. The lowest BCUT2D eigenvalue weighted by Crippen LogP contribution is -2.19. The maximum absolute atomic E-state index is 13.3. The van der Waals surface area contributed by atoms with E-state index in [1.165, 1.54) is 12.1 Å². The summed E-state index contributed by atoms with van der Waals surface area (Å²) in [5.41, 5.74) is 4.63. The number of primary amides is 1. The second-order valence-electron chi connectivity index (χ2n) is 3.07. The molecular formula is C11H12FNO4. The van der Waals surface area contributed by atoms with Crippen molar-refractivity contribution in [1.29, 1.82) is 0 Å². The summed E-state index contributed by atoms with van der Waals surface area (Å²) >= 11 is 0. The SMILES string of the molecule is CCOC(=O)COc1cccc(F)c1C(N)=O. The molecule has 0 aliphatic carbocycles. The molecule has 1 aromatic rings. The molecule has 0 aliphatic heterocycles. The van der Waals surface area contributed by atoms with E-state index >= 15 is 0 Å². The highest BCUT2D eigenvalue weighted by Gasteiger charge is 2.16.